The highest BCUT2D eigenvalue weighted by atomic mass is 79.9. The normalized spacial score (nSPS) is 13.0. The highest BCUT2D eigenvalue weighted by molar-refractivity contribution is 9.10. The van der Waals surface area contributed by atoms with Gasteiger partial charge in [0.25, 0.3) is 0 Å². The molecule has 1 unspecified atom stereocenters. The third-order valence-corrected chi connectivity index (χ3v) is 4.38. The first-order valence-electron chi connectivity index (χ1n) is 6.64. The van der Waals surface area contributed by atoms with E-state index in [9.17, 15) is 9.50 Å². The fourth-order valence-corrected chi connectivity index (χ4v) is 2.71. The van der Waals surface area contributed by atoms with Gasteiger partial charge in [-0.15, -0.1) is 0 Å². The molecule has 4 heteroatoms. The Bertz CT molecular complexity index is 626. The Morgan fingerprint density at radius 2 is 1.81 bits per heavy atom. The number of aliphatic hydroxyl groups is 1. The lowest BCUT2D eigenvalue weighted by Gasteiger charge is -2.32. The summed E-state index contributed by atoms with van der Waals surface area (Å²) in [5.41, 5.74) is 1.02. The van der Waals surface area contributed by atoms with E-state index in [2.05, 4.69) is 15.9 Å². The summed E-state index contributed by atoms with van der Waals surface area (Å²) in [6, 6.07) is 12.6. The summed E-state index contributed by atoms with van der Waals surface area (Å²) in [4.78, 5) is 0. The lowest BCUT2D eigenvalue weighted by atomic mass is 9.76. The van der Waals surface area contributed by atoms with Gasteiger partial charge in [0.1, 0.15) is 11.6 Å². The Morgan fingerprint density at radius 3 is 2.38 bits per heavy atom. The second kappa shape index (κ2) is 6.16. The van der Waals surface area contributed by atoms with Crippen molar-refractivity contribution >= 4 is 15.9 Å². The van der Waals surface area contributed by atoms with Gasteiger partial charge in [0.2, 0.25) is 0 Å². The minimum atomic E-state index is -0.827. The molecule has 1 N–H and O–H groups in total. The number of rotatable bonds is 4. The predicted octanol–water partition coefficient (Wildman–Crippen LogP) is 4.61. The summed E-state index contributed by atoms with van der Waals surface area (Å²) in [6.45, 7) is 3.90. The molecule has 21 heavy (non-hydrogen) atoms. The van der Waals surface area contributed by atoms with Crippen LogP contribution < -0.4 is 4.74 Å². The first-order valence-corrected chi connectivity index (χ1v) is 7.43. The Morgan fingerprint density at radius 1 is 1.19 bits per heavy atom. The van der Waals surface area contributed by atoms with E-state index in [-0.39, 0.29) is 0 Å². The summed E-state index contributed by atoms with van der Waals surface area (Å²) in [7, 11) is 1.47. The van der Waals surface area contributed by atoms with E-state index in [1.807, 2.05) is 44.2 Å². The first kappa shape index (κ1) is 16.0. The summed E-state index contributed by atoms with van der Waals surface area (Å²) in [5.74, 6) is -0.0764. The Balaban J connectivity index is 2.49. The van der Waals surface area contributed by atoms with E-state index in [1.165, 1.54) is 13.2 Å². The van der Waals surface area contributed by atoms with Gasteiger partial charge in [-0.05, 0) is 27.6 Å². The van der Waals surface area contributed by atoms with Crippen LogP contribution in [-0.4, -0.2) is 12.2 Å². The van der Waals surface area contributed by atoms with E-state index in [0.717, 1.165) is 5.56 Å². The van der Waals surface area contributed by atoms with Crippen molar-refractivity contribution in [2.75, 3.05) is 7.11 Å². The average Bonchev–Trinajstić information content (AvgIpc) is 2.49. The van der Waals surface area contributed by atoms with Crippen LogP contribution in [-0.2, 0) is 5.41 Å². The fourth-order valence-electron chi connectivity index (χ4n) is 2.35. The zero-order chi connectivity index (χ0) is 15.6. The van der Waals surface area contributed by atoms with E-state index >= 15 is 0 Å². The molecule has 0 amide bonds. The Labute approximate surface area is 132 Å². The van der Waals surface area contributed by atoms with Gasteiger partial charge in [-0.2, -0.15) is 0 Å². The standard InChI is InChI=1S/C17H18BrFO2/c1-17(2,11-7-5-4-6-8-11)16(20)12-9-13(18)14(19)10-15(12)21-3/h4-10,16,20H,1-3H3. The molecule has 0 aliphatic rings. The van der Waals surface area contributed by atoms with Gasteiger partial charge in [-0.1, -0.05) is 44.2 Å². The number of methoxy groups -OCH3 is 1. The molecule has 0 aliphatic carbocycles. The predicted molar refractivity (Wildman–Crippen MR) is 85.1 cm³/mol. The van der Waals surface area contributed by atoms with Crippen molar-refractivity contribution in [1.82, 2.24) is 0 Å². The van der Waals surface area contributed by atoms with Gasteiger partial charge in [0, 0.05) is 17.0 Å². The molecule has 0 spiro atoms. The van der Waals surface area contributed by atoms with Crippen molar-refractivity contribution in [1.29, 1.82) is 0 Å². The van der Waals surface area contributed by atoms with Gasteiger partial charge in [0.15, 0.2) is 0 Å². The molecule has 1 atom stereocenters. The molecule has 2 aromatic rings. The van der Waals surface area contributed by atoms with Crippen molar-refractivity contribution in [2.24, 2.45) is 0 Å². The first-order chi connectivity index (χ1) is 9.87. The average molecular weight is 353 g/mol. The van der Waals surface area contributed by atoms with Crippen LogP contribution in [0, 0.1) is 5.82 Å². The second-order valence-corrected chi connectivity index (χ2v) is 6.35. The molecule has 112 valence electrons. The van der Waals surface area contributed by atoms with Crippen molar-refractivity contribution < 1.29 is 14.2 Å². The van der Waals surface area contributed by atoms with Crippen LogP contribution >= 0.6 is 15.9 Å². The summed E-state index contributed by atoms with van der Waals surface area (Å²) < 4.78 is 19.1. The quantitative estimate of drug-likeness (QED) is 0.870. The SMILES string of the molecule is COc1cc(F)c(Br)cc1C(O)C(C)(C)c1ccccc1. The summed E-state index contributed by atoms with van der Waals surface area (Å²) in [6.07, 6.45) is -0.827. The maximum absolute atomic E-state index is 13.6. The highest BCUT2D eigenvalue weighted by Gasteiger charge is 2.33. The molecule has 0 aliphatic heterocycles. The molecule has 0 saturated heterocycles. The lowest BCUT2D eigenvalue weighted by molar-refractivity contribution is 0.0972. The molecule has 0 fully saturated rings. The largest absolute Gasteiger partial charge is 0.496 e. The third-order valence-electron chi connectivity index (χ3n) is 3.77. The van der Waals surface area contributed by atoms with Crippen LogP contribution in [0.4, 0.5) is 4.39 Å². The zero-order valence-electron chi connectivity index (χ0n) is 12.2. The van der Waals surface area contributed by atoms with E-state index in [1.54, 1.807) is 6.07 Å². The number of halogens is 2. The molecule has 2 rings (SSSR count). The fraction of sp³-hybridized carbons (Fsp3) is 0.294. The van der Waals surface area contributed by atoms with Gasteiger partial charge >= 0.3 is 0 Å². The van der Waals surface area contributed by atoms with Crippen LogP contribution in [0.3, 0.4) is 0 Å². The molecular formula is C17H18BrFO2. The van der Waals surface area contributed by atoms with Crippen LogP contribution in [0.2, 0.25) is 0 Å². The van der Waals surface area contributed by atoms with Gasteiger partial charge in [0.05, 0.1) is 17.7 Å². The Hall–Kier alpha value is -1.39. The molecule has 2 aromatic carbocycles. The number of hydrogen-bond acceptors (Lipinski definition) is 2. The summed E-state index contributed by atoms with van der Waals surface area (Å²) in [5, 5.41) is 10.8. The third kappa shape index (κ3) is 3.11. The monoisotopic (exact) mass is 352 g/mol. The zero-order valence-corrected chi connectivity index (χ0v) is 13.8. The Kier molecular flexibility index (Phi) is 4.69. The van der Waals surface area contributed by atoms with Gasteiger partial charge in [-0.25, -0.2) is 4.39 Å². The number of benzene rings is 2. The number of hydrogen-bond donors (Lipinski definition) is 1. The molecule has 0 heterocycles. The van der Waals surface area contributed by atoms with Gasteiger partial charge < -0.3 is 9.84 Å². The molecule has 0 bridgehead atoms. The summed E-state index contributed by atoms with van der Waals surface area (Å²) >= 11 is 3.16. The molecular weight excluding hydrogens is 335 g/mol. The maximum Gasteiger partial charge on any atom is 0.141 e. The van der Waals surface area contributed by atoms with Crippen LogP contribution in [0.1, 0.15) is 31.1 Å². The van der Waals surface area contributed by atoms with Crippen molar-refractivity contribution in [2.45, 2.75) is 25.4 Å². The molecule has 2 nitrogen and oxygen atoms in total. The van der Waals surface area contributed by atoms with Gasteiger partial charge in [-0.3, -0.25) is 0 Å². The maximum atomic E-state index is 13.6. The van der Waals surface area contributed by atoms with E-state index in [0.29, 0.717) is 15.8 Å². The van der Waals surface area contributed by atoms with Crippen LogP contribution in [0.15, 0.2) is 46.9 Å². The highest BCUT2D eigenvalue weighted by Crippen LogP contribution is 2.41. The van der Waals surface area contributed by atoms with Crippen molar-refractivity contribution in [3.8, 4) is 5.75 Å². The molecule has 0 saturated carbocycles. The van der Waals surface area contributed by atoms with E-state index in [4.69, 9.17) is 4.74 Å². The molecule has 0 aromatic heterocycles. The van der Waals surface area contributed by atoms with E-state index < -0.39 is 17.3 Å². The number of ether oxygens (including phenoxy) is 1. The lowest BCUT2D eigenvalue weighted by Crippen LogP contribution is -2.27. The smallest absolute Gasteiger partial charge is 0.141 e. The minimum absolute atomic E-state index is 0.307. The molecule has 0 radical (unpaired) electrons. The van der Waals surface area contributed by atoms with Crippen molar-refractivity contribution in [3.63, 3.8) is 0 Å². The van der Waals surface area contributed by atoms with Crippen LogP contribution in [0.5, 0.6) is 5.75 Å². The van der Waals surface area contributed by atoms with Crippen molar-refractivity contribution in [3.05, 3.63) is 63.9 Å². The topological polar surface area (TPSA) is 29.5 Å². The van der Waals surface area contributed by atoms with Crippen LogP contribution in [0.25, 0.3) is 0 Å². The second-order valence-electron chi connectivity index (χ2n) is 5.50. The minimum Gasteiger partial charge on any atom is -0.496 e. The number of aliphatic hydroxyl groups excluding tert-OH is 1.